The first kappa shape index (κ1) is 20.0. The van der Waals surface area contributed by atoms with Crippen LogP contribution in [0.15, 0.2) is 18.2 Å². The zero-order chi connectivity index (χ0) is 21.1. The van der Waals surface area contributed by atoms with Crippen LogP contribution in [0.4, 0.5) is 23.7 Å². The number of amides is 2. The number of carbonyl (C=O) groups excluding carboxylic acids is 2. The van der Waals surface area contributed by atoms with Crippen LogP contribution in [0.3, 0.4) is 0 Å². The molecule has 2 amide bonds. The standard InChI is InChI=1S/C18H19F3N2O5S/c1-18(20,21)16(24)22-5-10-6-23(17(25)28-10)9-2-3-11(14(19)4-9)15-12-7-29(26,27)8-13(12)15/h2-4,10,12-13,15H,5-8H2,1H3,(H,22,24)/t10-,12-,13+,15+/m0/s1. The van der Waals surface area contributed by atoms with Gasteiger partial charge in [0, 0.05) is 6.92 Å². The van der Waals surface area contributed by atoms with Crippen LogP contribution in [0.1, 0.15) is 18.4 Å². The first-order chi connectivity index (χ1) is 13.5. The monoisotopic (exact) mass is 432 g/mol. The molecule has 1 saturated carbocycles. The fourth-order valence-corrected chi connectivity index (χ4v) is 6.39. The summed E-state index contributed by atoms with van der Waals surface area (Å²) in [7, 11) is -3.02. The van der Waals surface area contributed by atoms with Gasteiger partial charge in [-0.2, -0.15) is 8.78 Å². The van der Waals surface area contributed by atoms with E-state index in [2.05, 4.69) is 0 Å². The molecule has 29 heavy (non-hydrogen) atoms. The molecule has 1 aliphatic carbocycles. The van der Waals surface area contributed by atoms with Crippen molar-refractivity contribution in [3.8, 4) is 0 Å². The third kappa shape index (κ3) is 3.79. The van der Waals surface area contributed by atoms with Crippen LogP contribution in [0.25, 0.3) is 0 Å². The van der Waals surface area contributed by atoms with Crippen LogP contribution < -0.4 is 10.2 Å². The highest BCUT2D eigenvalue weighted by molar-refractivity contribution is 7.91. The largest absolute Gasteiger partial charge is 0.442 e. The van der Waals surface area contributed by atoms with Crippen molar-refractivity contribution in [3.05, 3.63) is 29.6 Å². The first-order valence-electron chi connectivity index (χ1n) is 9.10. The van der Waals surface area contributed by atoms with Gasteiger partial charge in [-0.15, -0.1) is 0 Å². The summed E-state index contributed by atoms with van der Waals surface area (Å²) < 4.78 is 68.6. The lowest BCUT2D eigenvalue weighted by Crippen LogP contribution is -2.42. The van der Waals surface area contributed by atoms with Gasteiger partial charge in [0.25, 0.3) is 5.91 Å². The van der Waals surface area contributed by atoms with Gasteiger partial charge in [-0.25, -0.2) is 17.6 Å². The van der Waals surface area contributed by atoms with Gasteiger partial charge in [0.05, 0.1) is 30.3 Å². The summed E-state index contributed by atoms with van der Waals surface area (Å²) in [5.41, 5.74) is 0.671. The number of hydrogen-bond donors (Lipinski definition) is 1. The van der Waals surface area contributed by atoms with E-state index in [0.717, 1.165) is 4.90 Å². The van der Waals surface area contributed by atoms with E-state index in [-0.39, 0.29) is 48.0 Å². The van der Waals surface area contributed by atoms with Gasteiger partial charge in [-0.3, -0.25) is 9.69 Å². The Bertz CT molecular complexity index is 960. The van der Waals surface area contributed by atoms with Crippen LogP contribution in [0, 0.1) is 17.7 Å². The van der Waals surface area contributed by atoms with Crippen molar-refractivity contribution in [2.45, 2.75) is 24.9 Å². The quantitative estimate of drug-likeness (QED) is 0.764. The third-order valence-corrected chi connectivity index (χ3v) is 7.43. The first-order valence-corrected chi connectivity index (χ1v) is 10.9. The highest BCUT2D eigenvalue weighted by Gasteiger charge is 2.59. The number of halogens is 3. The number of nitrogens with zero attached hydrogens (tertiary/aromatic N) is 1. The summed E-state index contributed by atoms with van der Waals surface area (Å²) in [5.74, 6) is -5.63. The number of carbonyl (C=O) groups is 2. The molecule has 0 spiro atoms. The summed E-state index contributed by atoms with van der Waals surface area (Å²) in [4.78, 5) is 24.4. The van der Waals surface area contributed by atoms with Crippen LogP contribution in [0.5, 0.6) is 0 Å². The molecule has 4 rings (SSSR count). The summed E-state index contributed by atoms with van der Waals surface area (Å²) in [6, 6.07) is 4.27. The number of rotatable bonds is 5. The van der Waals surface area contributed by atoms with E-state index in [1.807, 2.05) is 5.32 Å². The minimum absolute atomic E-state index is 0.0277. The minimum Gasteiger partial charge on any atom is -0.442 e. The number of benzene rings is 1. The van der Waals surface area contributed by atoms with Gasteiger partial charge in [-0.1, -0.05) is 6.07 Å². The zero-order valence-electron chi connectivity index (χ0n) is 15.4. The molecule has 0 aromatic heterocycles. The molecule has 3 fully saturated rings. The fraction of sp³-hybridized carbons (Fsp3) is 0.556. The highest BCUT2D eigenvalue weighted by atomic mass is 32.2. The Labute approximate surface area is 165 Å². The Morgan fingerprint density at radius 3 is 2.55 bits per heavy atom. The predicted molar refractivity (Wildman–Crippen MR) is 96.0 cm³/mol. The molecule has 3 aliphatic rings. The van der Waals surface area contributed by atoms with E-state index in [4.69, 9.17) is 4.74 Å². The number of fused-ring (bicyclic) bond motifs is 1. The number of alkyl halides is 2. The van der Waals surface area contributed by atoms with Crippen molar-refractivity contribution in [2.75, 3.05) is 29.5 Å². The predicted octanol–water partition coefficient (Wildman–Crippen LogP) is 1.68. The van der Waals surface area contributed by atoms with Crippen LogP contribution in [-0.4, -0.2) is 57.0 Å². The molecule has 0 bridgehead atoms. The number of sulfone groups is 1. The van der Waals surface area contributed by atoms with Crippen LogP contribution in [-0.2, 0) is 19.4 Å². The molecule has 2 saturated heterocycles. The average molecular weight is 432 g/mol. The second kappa shape index (κ2) is 6.61. The van der Waals surface area contributed by atoms with E-state index in [1.165, 1.54) is 6.07 Å². The summed E-state index contributed by atoms with van der Waals surface area (Å²) in [6.45, 7) is 0.147. The van der Waals surface area contributed by atoms with Crippen molar-refractivity contribution in [3.63, 3.8) is 0 Å². The van der Waals surface area contributed by atoms with Gasteiger partial charge in [-0.05, 0) is 35.4 Å². The molecule has 1 aromatic carbocycles. The maximum Gasteiger partial charge on any atom is 0.414 e. The van der Waals surface area contributed by atoms with Crippen LogP contribution >= 0.6 is 0 Å². The lowest BCUT2D eigenvalue weighted by atomic mass is 10.1. The molecule has 7 nitrogen and oxygen atoms in total. The average Bonchev–Trinajstić information content (AvgIpc) is 2.95. The van der Waals surface area contributed by atoms with Crippen molar-refractivity contribution in [1.82, 2.24) is 5.32 Å². The van der Waals surface area contributed by atoms with E-state index in [9.17, 15) is 31.2 Å². The molecular formula is C18H19F3N2O5S. The minimum atomic E-state index is -3.54. The van der Waals surface area contributed by atoms with Gasteiger partial charge in [0.2, 0.25) is 0 Å². The Morgan fingerprint density at radius 2 is 1.97 bits per heavy atom. The molecule has 0 unspecified atom stereocenters. The number of hydrogen-bond acceptors (Lipinski definition) is 5. The molecular weight excluding hydrogens is 413 g/mol. The highest BCUT2D eigenvalue weighted by Crippen LogP contribution is 2.59. The van der Waals surface area contributed by atoms with Gasteiger partial charge in [0.15, 0.2) is 9.84 Å². The smallest absolute Gasteiger partial charge is 0.414 e. The molecule has 11 heteroatoms. The third-order valence-electron chi connectivity index (χ3n) is 5.64. The Kier molecular flexibility index (Phi) is 4.56. The second-order valence-corrected chi connectivity index (χ2v) is 10.0. The Balaban J connectivity index is 1.40. The number of nitrogens with one attached hydrogen (secondary N) is 1. The zero-order valence-corrected chi connectivity index (χ0v) is 16.2. The topological polar surface area (TPSA) is 92.8 Å². The number of cyclic esters (lactones) is 1. The fourth-order valence-electron chi connectivity index (χ4n) is 4.17. The van der Waals surface area contributed by atoms with E-state index in [1.54, 1.807) is 12.1 Å². The maximum absolute atomic E-state index is 14.6. The van der Waals surface area contributed by atoms with E-state index in [0.29, 0.717) is 12.5 Å². The Morgan fingerprint density at radius 1 is 1.31 bits per heavy atom. The summed E-state index contributed by atoms with van der Waals surface area (Å²) in [5, 5.41) is 2.01. The lowest BCUT2D eigenvalue weighted by Gasteiger charge is -2.15. The van der Waals surface area contributed by atoms with Crippen LogP contribution in [0.2, 0.25) is 0 Å². The number of ether oxygens (including phenoxy) is 1. The lowest BCUT2D eigenvalue weighted by molar-refractivity contribution is -0.143. The molecule has 158 valence electrons. The molecule has 0 radical (unpaired) electrons. The normalized spacial score (nSPS) is 30.1. The van der Waals surface area contributed by atoms with Gasteiger partial charge < -0.3 is 10.1 Å². The molecule has 2 heterocycles. The molecule has 4 atom stereocenters. The van der Waals surface area contributed by atoms with Crippen molar-refractivity contribution in [2.24, 2.45) is 11.8 Å². The molecule has 2 aliphatic heterocycles. The summed E-state index contributed by atoms with van der Waals surface area (Å²) >= 11 is 0. The van der Waals surface area contributed by atoms with Crippen molar-refractivity contribution >= 4 is 27.5 Å². The number of anilines is 1. The van der Waals surface area contributed by atoms with Crippen molar-refractivity contribution < 1.29 is 35.9 Å². The van der Waals surface area contributed by atoms with E-state index < -0.39 is 39.7 Å². The SMILES string of the molecule is CC(F)(F)C(=O)NC[C@H]1CN(c2ccc([C@H]3[C@@H]4CS(=O)(=O)C[C@@H]43)c(F)c2)C(=O)O1. The second-order valence-electron chi connectivity index (χ2n) is 7.85. The summed E-state index contributed by atoms with van der Waals surface area (Å²) in [6.07, 6.45) is -1.61. The molecule has 1 N–H and O–H groups in total. The van der Waals surface area contributed by atoms with Gasteiger partial charge >= 0.3 is 12.0 Å². The molecule has 1 aromatic rings. The Hall–Kier alpha value is -2.30. The van der Waals surface area contributed by atoms with Crippen molar-refractivity contribution in [1.29, 1.82) is 0 Å². The van der Waals surface area contributed by atoms with Gasteiger partial charge in [0.1, 0.15) is 11.9 Å². The van der Waals surface area contributed by atoms with E-state index >= 15 is 0 Å². The maximum atomic E-state index is 14.6.